The molecule has 1 aromatic rings. The third-order valence-electron chi connectivity index (χ3n) is 7.29. The molecule has 0 saturated carbocycles. The quantitative estimate of drug-likeness (QED) is 0.584. The fraction of sp³-hybridized carbons (Fsp3) is 0.636. The number of carbonyl (C=O) groups is 2. The van der Waals surface area contributed by atoms with Crippen LogP contribution >= 0.6 is 0 Å². The highest BCUT2D eigenvalue weighted by atomic mass is 16.6. The van der Waals surface area contributed by atoms with Crippen molar-refractivity contribution in [1.29, 1.82) is 0 Å². The van der Waals surface area contributed by atoms with Crippen LogP contribution in [0.15, 0.2) is 18.2 Å². The van der Waals surface area contributed by atoms with Crippen molar-refractivity contribution in [3.63, 3.8) is 0 Å². The van der Waals surface area contributed by atoms with Crippen LogP contribution in [-0.4, -0.2) is 22.6 Å². The Morgan fingerprint density at radius 3 is 2.78 bits per heavy atom. The van der Waals surface area contributed by atoms with Gasteiger partial charge in [0.05, 0.1) is 11.6 Å². The molecular formula is C22H27NO4. The Bertz CT molecular complexity index is 822. The van der Waals surface area contributed by atoms with E-state index >= 15 is 0 Å². The minimum Gasteiger partial charge on any atom is -0.461 e. The van der Waals surface area contributed by atoms with Crippen molar-refractivity contribution >= 4 is 11.9 Å². The highest BCUT2D eigenvalue weighted by molar-refractivity contribution is 5.90. The summed E-state index contributed by atoms with van der Waals surface area (Å²) in [7, 11) is 0. The van der Waals surface area contributed by atoms with E-state index in [2.05, 4.69) is 24.1 Å². The summed E-state index contributed by atoms with van der Waals surface area (Å²) in [5.41, 5.74) is 4.28. The first-order valence-electron chi connectivity index (χ1n) is 10.3. The van der Waals surface area contributed by atoms with Gasteiger partial charge in [0, 0.05) is 42.0 Å². The number of rotatable bonds is 2. The molecule has 0 bridgehead atoms. The Hall–Kier alpha value is -2.04. The molecule has 5 nitrogen and oxygen atoms in total. The van der Waals surface area contributed by atoms with Crippen LogP contribution in [0.3, 0.4) is 0 Å². The van der Waals surface area contributed by atoms with E-state index in [1.54, 1.807) is 0 Å². The molecule has 5 rings (SSSR count). The molecule has 0 aromatic carbocycles. The number of esters is 2. The smallest absolute Gasteiger partial charge is 0.334 e. The van der Waals surface area contributed by atoms with Crippen LogP contribution in [-0.2, 0) is 25.6 Å². The van der Waals surface area contributed by atoms with Gasteiger partial charge < -0.3 is 14.0 Å². The van der Waals surface area contributed by atoms with Gasteiger partial charge in [0.15, 0.2) is 0 Å². The highest BCUT2D eigenvalue weighted by Gasteiger charge is 2.54. The number of aromatic nitrogens is 1. The molecule has 5 heteroatoms. The fourth-order valence-corrected chi connectivity index (χ4v) is 6.01. The van der Waals surface area contributed by atoms with Crippen LogP contribution in [0.25, 0.3) is 0 Å². The van der Waals surface area contributed by atoms with E-state index in [1.165, 1.54) is 17.7 Å². The van der Waals surface area contributed by atoms with Crippen molar-refractivity contribution in [3.8, 4) is 0 Å². The zero-order chi connectivity index (χ0) is 18.9. The maximum atomic E-state index is 12.4. The van der Waals surface area contributed by atoms with Gasteiger partial charge >= 0.3 is 11.9 Å². The van der Waals surface area contributed by atoms with Crippen LogP contribution in [0, 0.1) is 11.8 Å². The molecule has 27 heavy (non-hydrogen) atoms. The fourth-order valence-electron chi connectivity index (χ4n) is 6.01. The van der Waals surface area contributed by atoms with E-state index in [4.69, 9.17) is 9.47 Å². The zero-order valence-corrected chi connectivity index (χ0v) is 16.1. The zero-order valence-electron chi connectivity index (χ0n) is 16.1. The number of carbonyl (C=O) groups excluding carboxylic acids is 2. The van der Waals surface area contributed by atoms with E-state index in [0.29, 0.717) is 23.8 Å². The van der Waals surface area contributed by atoms with E-state index < -0.39 is 0 Å². The van der Waals surface area contributed by atoms with Gasteiger partial charge in [-0.15, -0.1) is 0 Å². The summed E-state index contributed by atoms with van der Waals surface area (Å²) in [5, 5.41) is 0. The number of nitrogens with zero attached hydrogens (tertiary/aromatic N) is 1. The predicted octanol–water partition coefficient (Wildman–Crippen LogP) is 3.98. The minimum absolute atomic E-state index is 0.0158. The molecule has 144 valence electrons. The third-order valence-corrected chi connectivity index (χ3v) is 7.29. The second-order valence-corrected chi connectivity index (χ2v) is 8.65. The summed E-state index contributed by atoms with van der Waals surface area (Å²) in [6, 6.07) is 2.21. The Balaban J connectivity index is 1.68. The van der Waals surface area contributed by atoms with Crippen molar-refractivity contribution in [1.82, 2.24) is 4.57 Å². The monoisotopic (exact) mass is 369 g/mol. The minimum atomic E-state index is -0.283. The summed E-state index contributed by atoms with van der Waals surface area (Å²) in [6.45, 7) is 9.02. The molecule has 4 aliphatic rings. The van der Waals surface area contributed by atoms with Crippen LogP contribution in [0.5, 0.6) is 0 Å². The Kier molecular flexibility index (Phi) is 3.78. The number of ether oxygens (including phenoxy) is 2. The Morgan fingerprint density at radius 2 is 2.07 bits per heavy atom. The van der Waals surface area contributed by atoms with Crippen LogP contribution in [0.4, 0.5) is 0 Å². The number of fused-ring (bicyclic) bond motifs is 2. The molecule has 3 aliphatic heterocycles. The lowest BCUT2D eigenvalue weighted by Crippen LogP contribution is -2.36. The molecule has 2 fully saturated rings. The predicted molar refractivity (Wildman–Crippen MR) is 99.2 cm³/mol. The summed E-state index contributed by atoms with van der Waals surface area (Å²) >= 11 is 0. The third kappa shape index (κ3) is 2.29. The molecule has 0 amide bonds. The van der Waals surface area contributed by atoms with Crippen LogP contribution in [0.2, 0.25) is 0 Å². The lowest BCUT2D eigenvalue weighted by atomic mass is 9.66. The van der Waals surface area contributed by atoms with Gasteiger partial charge in [-0.3, -0.25) is 4.79 Å². The van der Waals surface area contributed by atoms with Crippen LogP contribution < -0.4 is 0 Å². The Morgan fingerprint density at radius 1 is 1.26 bits per heavy atom. The van der Waals surface area contributed by atoms with Gasteiger partial charge in [-0.2, -0.15) is 0 Å². The molecule has 0 radical (unpaired) electrons. The standard InChI is InChI=1S/C22H27NO4/c1-4-13-14-7-5-6-8-23-16(17-9-11(2)21(24)26-17)10-15(19(14)23)18-12(3)22(25)27-20(13)18/h10,12-14,17-18,20H,2,4-9H2,1,3H3/t12-,13-,14-,17?,18-,20+/m1/s1. The van der Waals surface area contributed by atoms with Crippen molar-refractivity contribution in [2.45, 2.75) is 76.5 Å². The second kappa shape index (κ2) is 5.98. The van der Waals surface area contributed by atoms with Gasteiger partial charge in [0.2, 0.25) is 0 Å². The van der Waals surface area contributed by atoms with Gasteiger partial charge in [-0.1, -0.05) is 26.8 Å². The lowest BCUT2D eigenvalue weighted by Gasteiger charge is -2.39. The van der Waals surface area contributed by atoms with Crippen molar-refractivity contribution in [2.24, 2.45) is 11.8 Å². The van der Waals surface area contributed by atoms with Gasteiger partial charge in [-0.05, 0) is 30.9 Å². The van der Waals surface area contributed by atoms with Gasteiger partial charge in [0.1, 0.15) is 12.2 Å². The summed E-state index contributed by atoms with van der Waals surface area (Å²) < 4.78 is 13.9. The van der Waals surface area contributed by atoms with E-state index in [0.717, 1.165) is 31.5 Å². The molecule has 1 aliphatic carbocycles. The SMILES string of the molecule is C=C1CC(c2cc3c4n2CCCC[C@@H]4[C@@H](CC)[C@@H]2OC(=O)[C@H](C)[C@H]32)OC1=O. The topological polar surface area (TPSA) is 57.5 Å². The maximum absolute atomic E-state index is 12.4. The molecule has 1 unspecified atom stereocenters. The van der Waals surface area contributed by atoms with Crippen LogP contribution in [0.1, 0.15) is 80.8 Å². The average Bonchev–Trinajstić information content (AvgIpc) is 3.20. The summed E-state index contributed by atoms with van der Waals surface area (Å²) in [4.78, 5) is 24.3. The van der Waals surface area contributed by atoms with Gasteiger partial charge in [0.25, 0.3) is 0 Å². The molecule has 2 saturated heterocycles. The van der Waals surface area contributed by atoms with Gasteiger partial charge in [-0.25, -0.2) is 4.79 Å². The first-order chi connectivity index (χ1) is 13.0. The average molecular weight is 369 g/mol. The van der Waals surface area contributed by atoms with E-state index in [-0.39, 0.29) is 36.0 Å². The second-order valence-electron chi connectivity index (χ2n) is 8.65. The molecule has 6 atom stereocenters. The molecule has 0 spiro atoms. The molecular weight excluding hydrogens is 342 g/mol. The van der Waals surface area contributed by atoms with Crippen molar-refractivity contribution in [3.05, 3.63) is 35.2 Å². The maximum Gasteiger partial charge on any atom is 0.334 e. The summed E-state index contributed by atoms with van der Waals surface area (Å²) in [6.07, 6.45) is 4.76. The number of hydrogen-bond acceptors (Lipinski definition) is 4. The largest absolute Gasteiger partial charge is 0.461 e. The molecule has 1 aromatic heterocycles. The normalized spacial score (nSPS) is 37.5. The Labute approximate surface area is 159 Å². The highest BCUT2D eigenvalue weighted by Crippen LogP contribution is 2.55. The van der Waals surface area contributed by atoms with Crippen molar-refractivity contribution < 1.29 is 19.1 Å². The van der Waals surface area contributed by atoms with Crippen molar-refractivity contribution in [2.75, 3.05) is 0 Å². The molecule has 0 N–H and O–H groups in total. The first-order valence-corrected chi connectivity index (χ1v) is 10.3. The number of hydrogen-bond donors (Lipinski definition) is 0. The lowest BCUT2D eigenvalue weighted by molar-refractivity contribution is -0.146. The van der Waals surface area contributed by atoms with E-state index in [9.17, 15) is 9.59 Å². The molecule has 4 heterocycles. The summed E-state index contributed by atoms with van der Waals surface area (Å²) in [5.74, 6) is 0.440. The number of cyclic esters (lactones) is 1. The van der Waals surface area contributed by atoms with E-state index in [1.807, 2.05) is 6.92 Å². The first kappa shape index (κ1) is 17.1.